The van der Waals surface area contributed by atoms with Crippen molar-refractivity contribution in [2.45, 2.75) is 5.92 Å². The molecule has 0 bridgehead atoms. The van der Waals surface area contributed by atoms with Gasteiger partial charge in [-0.3, -0.25) is 5.10 Å². The number of fused-ring (bicyclic) bond motifs is 2. The van der Waals surface area contributed by atoms with Gasteiger partial charge in [-0.05, 0) is 16.8 Å². The van der Waals surface area contributed by atoms with Crippen molar-refractivity contribution < 1.29 is 9.47 Å². The number of nitrogens with zero attached hydrogens (tertiary/aromatic N) is 2. The minimum absolute atomic E-state index is 0.0527. The maximum atomic E-state index is 9.91. The molecule has 0 fully saturated rings. The molecule has 0 saturated carbocycles. The maximum Gasteiger partial charge on any atom is 0.244 e. The van der Waals surface area contributed by atoms with Crippen molar-refractivity contribution in [2.24, 2.45) is 5.73 Å². The minimum Gasteiger partial charge on any atom is -0.496 e. The van der Waals surface area contributed by atoms with E-state index in [-0.39, 0.29) is 5.88 Å². The third kappa shape index (κ3) is 2.60. The number of nitriles is 1. The lowest BCUT2D eigenvalue weighted by Crippen LogP contribution is -2.21. The molecule has 0 aliphatic carbocycles. The van der Waals surface area contributed by atoms with Gasteiger partial charge in [-0.1, -0.05) is 60.7 Å². The molecule has 0 saturated heterocycles. The Labute approximate surface area is 173 Å². The van der Waals surface area contributed by atoms with E-state index < -0.39 is 5.92 Å². The van der Waals surface area contributed by atoms with E-state index in [0.29, 0.717) is 17.2 Å². The lowest BCUT2D eigenvalue weighted by molar-refractivity contribution is 0.375. The number of methoxy groups -OCH3 is 1. The van der Waals surface area contributed by atoms with Crippen LogP contribution < -0.4 is 15.2 Å². The summed E-state index contributed by atoms with van der Waals surface area (Å²) in [4.78, 5) is 0. The molecule has 30 heavy (non-hydrogen) atoms. The summed E-state index contributed by atoms with van der Waals surface area (Å²) in [5.41, 5.74) is 9.79. The molecule has 3 N–H and O–H groups in total. The summed E-state index contributed by atoms with van der Waals surface area (Å²) >= 11 is 0. The third-order valence-corrected chi connectivity index (χ3v) is 5.45. The molecular formula is C24H18N4O2. The predicted molar refractivity (Wildman–Crippen MR) is 114 cm³/mol. The number of aromatic amines is 1. The Morgan fingerprint density at radius 3 is 2.67 bits per heavy atom. The number of rotatable bonds is 3. The Balaban J connectivity index is 1.81. The smallest absolute Gasteiger partial charge is 0.244 e. The SMILES string of the molecule is COc1ccccc1[C@H]1C(C#N)=C(N)Oc2n[nH]c(-c3cccc4ccccc34)c21. The van der Waals surface area contributed by atoms with Crippen LogP contribution in [0.4, 0.5) is 0 Å². The standard InChI is InChI=1S/C24H18N4O2/c1-29-19-12-5-4-10-17(19)20-18(13-25)23(26)30-24-21(20)22(27-28-24)16-11-6-8-14-7-2-3-9-15(14)16/h2-12,20H,26H2,1H3,(H,27,28)/t20-/m0/s1. The number of nitrogens with one attached hydrogen (secondary N) is 1. The number of nitrogens with two attached hydrogens (primary N) is 1. The first-order valence-corrected chi connectivity index (χ1v) is 9.49. The van der Waals surface area contributed by atoms with Crippen LogP contribution in [-0.2, 0) is 0 Å². The summed E-state index contributed by atoms with van der Waals surface area (Å²) < 4.78 is 11.3. The van der Waals surface area contributed by atoms with Crippen molar-refractivity contribution in [1.29, 1.82) is 5.26 Å². The predicted octanol–water partition coefficient (Wildman–Crippen LogP) is 4.46. The van der Waals surface area contributed by atoms with E-state index in [1.165, 1.54) is 0 Å². The van der Waals surface area contributed by atoms with Crippen LogP contribution in [0.2, 0.25) is 0 Å². The summed E-state index contributed by atoms with van der Waals surface area (Å²) in [6.45, 7) is 0. The van der Waals surface area contributed by atoms with Crippen LogP contribution in [0.15, 0.2) is 78.2 Å². The Kier molecular flexibility index (Phi) is 4.15. The summed E-state index contributed by atoms with van der Waals surface area (Å²) in [5, 5.41) is 19.6. The highest BCUT2D eigenvalue weighted by atomic mass is 16.5. The van der Waals surface area contributed by atoms with E-state index in [9.17, 15) is 5.26 Å². The van der Waals surface area contributed by atoms with Crippen molar-refractivity contribution in [2.75, 3.05) is 7.11 Å². The molecule has 0 spiro atoms. The number of benzene rings is 3. The van der Waals surface area contributed by atoms with Crippen molar-refractivity contribution in [3.05, 3.63) is 89.3 Å². The van der Waals surface area contributed by atoms with E-state index in [1.807, 2.05) is 48.5 Å². The first-order valence-electron chi connectivity index (χ1n) is 9.49. The second kappa shape index (κ2) is 6.98. The van der Waals surface area contributed by atoms with Crippen LogP contribution in [0.3, 0.4) is 0 Å². The monoisotopic (exact) mass is 394 g/mol. The normalized spacial score (nSPS) is 15.4. The molecular weight excluding hydrogens is 376 g/mol. The van der Waals surface area contributed by atoms with Crippen molar-refractivity contribution in [1.82, 2.24) is 10.2 Å². The molecule has 6 heteroatoms. The number of aromatic nitrogens is 2. The number of para-hydroxylation sites is 1. The maximum absolute atomic E-state index is 9.91. The molecule has 4 aromatic rings. The second-order valence-electron chi connectivity index (χ2n) is 7.01. The Morgan fingerprint density at radius 2 is 1.83 bits per heavy atom. The Morgan fingerprint density at radius 1 is 1.07 bits per heavy atom. The Bertz CT molecular complexity index is 1340. The molecule has 1 atom stereocenters. The number of allylic oxidation sites excluding steroid dienone is 1. The molecule has 3 aromatic carbocycles. The van der Waals surface area contributed by atoms with Gasteiger partial charge in [0.05, 0.1) is 24.3 Å². The topological polar surface area (TPSA) is 96.9 Å². The molecule has 1 aliphatic heterocycles. The molecule has 146 valence electrons. The average Bonchev–Trinajstić information content (AvgIpc) is 3.20. The zero-order valence-corrected chi connectivity index (χ0v) is 16.2. The quantitative estimate of drug-likeness (QED) is 0.535. The number of hydrogen-bond acceptors (Lipinski definition) is 5. The lowest BCUT2D eigenvalue weighted by Gasteiger charge is -2.25. The summed E-state index contributed by atoms with van der Waals surface area (Å²) in [6.07, 6.45) is 0. The molecule has 1 aliphatic rings. The van der Waals surface area contributed by atoms with Gasteiger partial charge < -0.3 is 15.2 Å². The van der Waals surface area contributed by atoms with E-state index in [2.05, 4.69) is 34.5 Å². The van der Waals surface area contributed by atoms with Crippen LogP contribution in [0.5, 0.6) is 11.6 Å². The van der Waals surface area contributed by atoms with Crippen molar-refractivity contribution in [3.8, 4) is 29.0 Å². The van der Waals surface area contributed by atoms with Gasteiger partial charge in [-0.15, -0.1) is 5.10 Å². The van der Waals surface area contributed by atoms with Crippen LogP contribution in [-0.4, -0.2) is 17.3 Å². The number of H-pyrrole nitrogens is 1. The van der Waals surface area contributed by atoms with E-state index >= 15 is 0 Å². The van der Waals surface area contributed by atoms with Crippen molar-refractivity contribution >= 4 is 10.8 Å². The minimum atomic E-state index is -0.470. The molecule has 0 unspecified atom stereocenters. The summed E-state index contributed by atoms with van der Waals surface area (Å²) in [5.74, 6) is 0.616. The molecule has 1 aromatic heterocycles. The highest BCUT2D eigenvalue weighted by Gasteiger charge is 2.37. The van der Waals surface area contributed by atoms with Gasteiger partial charge in [0, 0.05) is 11.1 Å². The van der Waals surface area contributed by atoms with E-state index in [0.717, 1.165) is 33.2 Å². The summed E-state index contributed by atoms with van der Waals surface area (Å²) in [7, 11) is 1.61. The third-order valence-electron chi connectivity index (χ3n) is 5.45. The first kappa shape index (κ1) is 17.8. The fraction of sp³-hybridized carbons (Fsp3) is 0.0833. The summed E-state index contributed by atoms with van der Waals surface area (Å²) in [6, 6.07) is 24.1. The largest absolute Gasteiger partial charge is 0.496 e. The molecule has 6 nitrogen and oxygen atoms in total. The van der Waals surface area contributed by atoms with Crippen LogP contribution in [0, 0.1) is 11.3 Å². The van der Waals surface area contributed by atoms with Gasteiger partial charge in [-0.25, -0.2) is 0 Å². The molecule has 0 radical (unpaired) electrons. The van der Waals surface area contributed by atoms with Gasteiger partial charge in [0.25, 0.3) is 0 Å². The molecule has 5 rings (SSSR count). The number of hydrogen-bond donors (Lipinski definition) is 2. The Hall–Kier alpha value is -4.24. The highest BCUT2D eigenvalue weighted by Crippen LogP contribution is 2.48. The molecule has 0 amide bonds. The number of ether oxygens (including phenoxy) is 2. The van der Waals surface area contributed by atoms with Crippen LogP contribution in [0.25, 0.3) is 22.0 Å². The fourth-order valence-electron chi connectivity index (χ4n) is 4.11. The fourth-order valence-corrected chi connectivity index (χ4v) is 4.11. The van der Waals surface area contributed by atoms with Gasteiger partial charge in [0.2, 0.25) is 11.8 Å². The van der Waals surface area contributed by atoms with E-state index in [4.69, 9.17) is 15.2 Å². The van der Waals surface area contributed by atoms with Gasteiger partial charge in [0.15, 0.2) is 0 Å². The zero-order valence-electron chi connectivity index (χ0n) is 16.2. The van der Waals surface area contributed by atoms with Crippen molar-refractivity contribution in [3.63, 3.8) is 0 Å². The van der Waals surface area contributed by atoms with Gasteiger partial charge in [0.1, 0.15) is 17.4 Å². The van der Waals surface area contributed by atoms with Gasteiger partial charge >= 0.3 is 0 Å². The average molecular weight is 394 g/mol. The lowest BCUT2D eigenvalue weighted by atomic mass is 9.82. The second-order valence-corrected chi connectivity index (χ2v) is 7.01. The highest BCUT2D eigenvalue weighted by molar-refractivity contribution is 5.97. The van der Waals surface area contributed by atoms with Gasteiger partial charge in [-0.2, -0.15) is 5.26 Å². The first-order chi connectivity index (χ1) is 14.7. The van der Waals surface area contributed by atoms with Crippen LogP contribution >= 0.6 is 0 Å². The van der Waals surface area contributed by atoms with E-state index in [1.54, 1.807) is 7.11 Å². The zero-order chi connectivity index (χ0) is 20.7. The molecule has 2 heterocycles. The van der Waals surface area contributed by atoms with Crippen LogP contribution in [0.1, 0.15) is 17.0 Å².